The van der Waals surface area contributed by atoms with Gasteiger partial charge in [-0.05, 0) is 25.1 Å². The zero-order chi connectivity index (χ0) is 14.3. The van der Waals surface area contributed by atoms with Crippen molar-refractivity contribution in [3.05, 3.63) is 28.7 Å². The molecule has 0 bridgehead atoms. The SMILES string of the molecule is CCOC(=O)C(CSc1cccc(Br)c1)NC(C)C. The molecule has 106 valence electrons. The van der Waals surface area contributed by atoms with Gasteiger partial charge in [0.2, 0.25) is 0 Å². The molecule has 0 aliphatic carbocycles. The zero-order valence-corrected chi connectivity index (χ0v) is 13.9. The quantitative estimate of drug-likeness (QED) is 0.606. The van der Waals surface area contributed by atoms with Crippen LogP contribution in [-0.2, 0) is 9.53 Å². The van der Waals surface area contributed by atoms with E-state index in [-0.39, 0.29) is 18.1 Å². The highest BCUT2D eigenvalue weighted by molar-refractivity contribution is 9.10. The second-order valence-electron chi connectivity index (χ2n) is 4.39. The maximum absolute atomic E-state index is 11.9. The number of halogens is 1. The molecule has 1 aromatic rings. The van der Waals surface area contributed by atoms with E-state index in [1.165, 1.54) is 0 Å². The summed E-state index contributed by atoms with van der Waals surface area (Å²) in [7, 11) is 0. The number of nitrogens with one attached hydrogen (secondary N) is 1. The molecule has 1 unspecified atom stereocenters. The van der Waals surface area contributed by atoms with Crippen molar-refractivity contribution in [3.8, 4) is 0 Å². The first-order valence-corrected chi connectivity index (χ1v) is 8.11. The molecule has 1 atom stereocenters. The molecule has 0 radical (unpaired) electrons. The van der Waals surface area contributed by atoms with E-state index in [4.69, 9.17) is 4.74 Å². The molecule has 0 saturated carbocycles. The van der Waals surface area contributed by atoms with E-state index in [1.807, 2.05) is 45.0 Å². The fourth-order valence-corrected chi connectivity index (χ4v) is 3.09. The number of thioether (sulfide) groups is 1. The van der Waals surface area contributed by atoms with Crippen LogP contribution in [0.4, 0.5) is 0 Å². The number of carbonyl (C=O) groups is 1. The van der Waals surface area contributed by atoms with E-state index in [9.17, 15) is 4.79 Å². The van der Waals surface area contributed by atoms with Crippen molar-refractivity contribution in [2.45, 2.75) is 37.8 Å². The summed E-state index contributed by atoms with van der Waals surface area (Å²) in [6.45, 7) is 6.29. The van der Waals surface area contributed by atoms with Gasteiger partial charge < -0.3 is 10.1 Å². The van der Waals surface area contributed by atoms with Crippen molar-refractivity contribution < 1.29 is 9.53 Å². The van der Waals surface area contributed by atoms with Crippen LogP contribution in [0, 0.1) is 0 Å². The Morgan fingerprint density at radius 1 is 1.47 bits per heavy atom. The van der Waals surface area contributed by atoms with E-state index < -0.39 is 0 Å². The average molecular weight is 346 g/mol. The minimum Gasteiger partial charge on any atom is -0.465 e. The number of hydrogen-bond acceptors (Lipinski definition) is 4. The van der Waals surface area contributed by atoms with Crippen LogP contribution >= 0.6 is 27.7 Å². The Bertz CT molecular complexity index is 412. The van der Waals surface area contributed by atoms with Crippen LogP contribution in [0.15, 0.2) is 33.6 Å². The highest BCUT2D eigenvalue weighted by Gasteiger charge is 2.20. The molecule has 0 spiro atoms. The highest BCUT2D eigenvalue weighted by Crippen LogP contribution is 2.22. The number of carbonyl (C=O) groups excluding carboxylic acids is 1. The Kier molecular flexibility index (Phi) is 7.49. The van der Waals surface area contributed by atoms with Crippen LogP contribution in [-0.4, -0.2) is 30.4 Å². The molecule has 0 amide bonds. The van der Waals surface area contributed by atoms with Crippen molar-refractivity contribution >= 4 is 33.7 Å². The molecule has 3 nitrogen and oxygen atoms in total. The van der Waals surface area contributed by atoms with Crippen LogP contribution < -0.4 is 5.32 Å². The Balaban J connectivity index is 2.59. The van der Waals surface area contributed by atoms with Crippen molar-refractivity contribution in [1.29, 1.82) is 0 Å². The lowest BCUT2D eigenvalue weighted by atomic mass is 10.3. The molecule has 0 aromatic heterocycles. The first-order chi connectivity index (χ1) is 9.02. The Hall–Kier alpha value is -0.520. The van der Waals surface area contributed by atoms with Crippen LogP contribution in [0.3, 0.4) is 0 Å². The molecule has 1 aromatic carbocycles. The number of rotatable bonds is 7. The Morgan fingerprint density at radius 2 is 2.21 bits per heavy atom. The summed E-state index contributed by atoms with van der Waals surface area (Å²) >= 11 is 5.09. The van der Waals surface area contributed by atoms with Gasteiger partial charge in [-0.3, -0.25) is 4.79 Å². The second kappa shape index (κ2) is 8.61. The van der Waals surface area contributed by atoms with Gasteiger partial charge in [-0.2, -0.15) is 0 Å². The standard InChI is InChI=1S/C14H20BrNO2S/c1-4-18-14(17)13(16-10(2)3)9-19-12-7-5-6-11(15)8-12/h5-8,10,13,16H,4,9H2,1-3H3. The van der Waals surface area contributed by atoms with E-state index in [0.717, 1.165) is 9.37 Å². The predicted molar refractivity (Wildman–Crippen MR) is 83.6 cm³/mol. The van der Waals surface area contributed by atoms with Crippen molar-refractivity contribution in [2.24, 2.45) is 0 Å². The Morgan fingerprint density at radius 3 is 2.79 bits per heavy atom. The van der Waals surface area contributed by atoms with E-state index in [2.05, 4.69) is 21.2 Å². The summed E-state index contributed by atoms with van der Waals surface area (Å²) in [5, 5.41) is 3.24. The number of benzene rings is 1. The smallest absolute Gasteiger partial charge is 0.324 e. The van der Waals surface area contributed by atoms with Gasteiger partial charge in [-0.15, -0.1) is 11.8 Å². The minimum absolute atomic E-state index is 0.182. The lowest BCUT2D eigenvalue weighted by Gasteiger charge is -2.19. The lowest BCUT2D eigenvalue weighted by Crippen LogP contribution is -2.43. The lowest BCUT2D eigenvalue weighted by molar-refractivity contribution is -0.145. The third kappa shape index (κ3) is 6.45. The van der Waals surface area contributed by atoms with Crippen molar-refractivity contribution in [2.75, 3.05) is 12.4 Å². The maximum Gasteiger partial charge on any atom is 0.324 e. The fourth-order valence-electron chi connectivity index (χ4n) is 1.57. The zero-order valence-electron chi connectivity index (χ0n) is 11.5. The summed E-state index contributed by atoms with van der Waals surface area (Å²) in [5.41, 5.74) is 0. The number of ether oxygens (including phenoxy) is 1. The molecule has 5 heteroatoms. The molecule has 0 saturated heterocycles. The molecule has 1 rings (SSSR count). The largest absolute Gasteiger partial charge is 0.465 e. The molecule has 1 N–H and O–H groups in total. The van der Waals surface area contributed by atoms with Gasteiger partial charge in [-0.1, -0.05) is 35.8 Å². The van der Waals surface area contributed by atoms with Gasteiger partial charge in [0.15, 0.2) is 0 Å². The summed E-state index contributed by atoms with van der Waals surface area (Å²) in [6, 6.07) is 8.03. The summed E-state index contributed by atoms with van der Waals surface area (Å²) in [6.07, 6.45) is 0. The fraction of sp³-hybridized carbons (Fsp3) is 0.500. The maximum atomic E-state index is 11.9. The van der Waals surface area contributed by atoms with Crippen LogP contribution in [0.25, 0.3) is 0 Å². The summed E-state index contributed by atoms with van der Waals surface area (Å²) in [5.74, 6) is 0.478. The highest BCUT2D eigenvalue weighted by atomic mass is 79.9. The van der Waals surface area contributed by atoms with E-state index in [1.54, 1.807) is 11.8 Å². The topological polar surface area (TPSA) is 38.3 Å². The van der Waals surface area contributed by atoms with Gasteiger partial charge in [0.25, 0.3) is 0 Å². The molecule has 0 aliphatic heterocycles. The van der Waals surface area contributed by atoms with Crippen LogP contribution in [0.2, 0.25) is 0 Å². The summed E-state index contributed by atoms with van der Waals surface area (Å²) in [4.78, 5) is 13.0. The molecular weight excluding hydrogens is 326 g/mol. The monoisotopic (exact) mass is 345 g/mol. The van der Waals surface area contributed by atoms with Gasteiger partial charge >= 0.3 is 5.97 Å². The second-order valence-corrected chi connectivity index (χ2v) is 6.40. The van der Waals surface area contributed by atoms with Gasteiger partial charge in [0.1, 0.15) is 6.04 Å². The molecule has 0 fully saturated rings. The summed E-state index contributed by atoms with van der Waals surface area (Å²) < 4.78 is 6.14. The average Bonchev–Trinajstić information content (AvgIpc) is 2.34. The first kappa shape index (κ1) is 16.5. The van der Waals surface area contributed by atoms with E-state index >= 15 is 0 Å². The number of hydrogen-bond donors (Lipinski definition) is 1. The molecule has 19 heavy (non-hydrogen) atoms. The third-order valence-corrected chi connectivity index (χ3v) is 3.90. The molecule has 0 heterocycles. The number of esters is 1. The first-order valence-electron chi connectivity index (χ1n) is 6.34. The van der Waals surface area contributed by atoms with Crippen molar-refractivity contribution in [1.82, 2.24) is 5.32 Å². The van der Waals surface area contributed by atoms with Gasteiger partial charge in [0.05, 0.1) is 6.61 Å². The molecular formula is C14H20BrNO2S. The third-order valence-electron chi connectivity index (χ3n) is 2.32. The molecule has 0 aliphatic rings. The van der Waals surface area contributed by atoms with E-state index in [0.29, 0.717) is 12.4 Å². The van der Waals surface area contributed by atoms with Gasteiger partial charge in [0, 0.05) is 21.2 Å². The van der Waals surface area contributed by atoms with Gasteiger partial charge in [-0.25, -0.2) is 0 Å². The van der Waals surface area contributed by atoms with Crippen LogP contribution in [0.1, 0.15) is 20.8 Å². The predicted octanol–water partition coefficient (Wildman–Crippen LogP) is 3.47. The van der Waals surface area contributed by atoms with Crippen LogP contribution in [0.5, 0.6) is 0 Å². The van der Waals surface area contributed by atoms with Crippen molar-refractivity contribution in [3.63, 3.8) is 0 Å². The Labute approximate surface area is 127 Å². The normalized spacial score (nSPS) is 12.5. The minimum atomic E-state index is -0.274.